The largest absolute Gasteiger partial charge is 0.484 e. The number of amides is 3. The first-order valence-corrected chi connectivity index (χ1v) is 10.2. The fraction of sp³-hybridized carbons (Fsp3) is 0.292. The zero-order valence-electron chi connectivity index (χ0n) is 17.8. The van der Waals surface area contributed by atoms with Crippen LogP contribution in [-0.4, -0.2) is 37.4 Å². The molecule has 0 aliphatic carbocycles. The average Bonchev–Trinajstić information content (AvgIpc) is 3.16. The molecule has 0 spiro atoms. The number of nitrogens with zero attached hydrogens (tertiary/aromatic N) is 1. The number of aryl methyl sites for hydroxylation is 1. The Hall–Kier alpha value is -3.61. The van der Waals surface area contributed by atoms with E-state index in [4.69, 9.17) is 4.74 Å². The van der Waals surface area contributed by atoms with Gasteiger partial charge < -0.3 is 20.3 Å². The second-order valence-electron chi connectivity index (χ2n) is 7.52. The van der Waals surface area contributed by atoms with E-state index >= 15 is 0 Å². The van der Waals surface area contributed by atoms with E-state index in [0.717, 1.165) is 16.8 Å². The second-order valence-corrected chi connectivity index (χ2v) is 7.52. The lowest BCUT2D eigenvalue weighted by Crippen LogP contribution is -2.32. The van der Waals surface area contributed by atoms with Crippen LogP contribution < -0.4 is 20.3 Å². The molecular formula is C24H27N3O4. The number of benzene rings is 2. The van der Waals surface area contributed by atoms with Gasteiger partial charge in [0.2, 0.25) is 11.8 Å². The molecule has 1 atom stereocenters. The number of carbonyl (C=O) groups is 3. The van der Waals surface area contributed by atoms with Crippen molar-refractivity contribution in [1.29, 1.82) is 0 Å². The number of rotatable bonds is 8. The first-order valence-electron chi connectivity index (χ1n) is 10.2. The van der Waals surface area contributed by atoms with Crippen molar-refractivity contribution >= 4 is 29.1 Å². The Labute approximate surface area is 182 Å². The minimum Gasteiger partial charge on any atom is -0.484 e. The molecule has 162 valence electrons. The maximum atomic E-state index is 12.3. The predicted molar refractivity (Wildman–Crippen MR) is 120 cm³/mol. The Kier molecular flexibility index (Phi) is 7.07. The highest BCUT2D eigenvalue weighted by Gasteiger charge is 2.34. The van der Waals surface area contributed by atoms with Crippen molar-refractivity contribution < 1.29 is 19.1 Å². The Morgan fingerprint density at radius 1 is 1.19 bits per heavy atom. The molecule has 3 rings (SSSR count). The van der Waals surface area contributed by atoms with Crippen molar-refractivity contribution in [3.8, 4) is 5.75 Å². The summed E-state index contributed by atoms with van der Waals surface area (Å²) in [5, 5.41) is 5.59. The number of hydrogen-bond donors (Lipinski definition) is 2. The van der Waals surface area contributed by atoms with Gasteiger partial charge in [-0.2, -0.15) is 0 Å². The van der Waals surface area contributed by atoms with Gasteiger partial charge in [0, 0.05) is 30.9 Å². The number of hydrogen-bond acceptors (Lipinski definition) is 4. The van der Waals surface area contributed by atoms with E-state index in [1.54, 1.807) is 35.2 Å². The summed E-state index contributed by atoms with van der Waals surface area (Å²) in [7, 11) is 0. The topological polar surface area (TPSA) is 87.7 Å². The number of anilines is 2. The van der Waals surface area contributed by atoms with Crippen molar-refractivity contribution in [3.05, 3.63) is 66.2 Å². The summed E-state index contributed by atoms with van der Waals surface area (Å²) in [4.78, 5) is 38.2. The molecule has 2 aromatic carbocycles. The zero-order chi connectivity index (χ0) is 22.4. The summed E-state index contributed by atoms with van der Waals surface area (Å²) >= 11 is 0. The van der Waals surface area contributed by atoms with Crippen molar-refractivity contribution in [3.63, 3.8) is 0 Å². The molecule has 0 aromatic heterocycles. The molecule has 1 heterocycles. The van der Waals surface area contributed by atoms with E-state index in [1.165, 1.54) is 0 Å². The minimum atomic E-state index is -0.378. The summed E-state index contributed by atoms with van der Waals surface area (Å²) in [5.74, 6) is -0.351. The number of ether oxygens (including phenoxy) is 1. The van der Waals surface area contributed by atoms with Gasteiger partial charge in [0.15, 0.2) is 6.61 Å². The van der Waals surface area contributed by atoms with Crippen LogP contribution in [0.1, 0.15) is 17.5 Å². The van der Waals surface area contributed by atoms with Crippen LogP contribution in [0, 0.1) is 19.8 Å². The van der Waals surface area contributed by atoms with Crippen molar-refractivity contribution in [2.75, 3.05) is 29.9 Å². The number of carbonyl (C=O) groups excluding carboxylic acids is 3. The highest BCUT2D eigenvalue weighted by atomic mass is 16.5. The third kappa shape index (κ3) is 5.51. The summed E-state index contributed by atoms with van der Waals surface area (Å²) in [6, 6.07) is 12.7. The van der Waals surface area contributed by atoms with Gasteiger partial charge in [-0.1, -0.05) is 18.2 Å². The molecule has 1 aliphatic heterocycles. The molecule has 0 radical (unpaired) electrons. The van der Waals surface area contributed by atoms with Gasteiger partial charge in [0.05, 0.1) is 5.92 Å². The van der Waals surface area contributed by atoms with Crippen LogP contribution in [0.25, 0.3) is 0 Å². The van der Waals surface area contributed by atoms with Gasteiger partial charge in [0.25, 0.3) is 5.91 Å². The fourth-order valence-corrected chi connectivity index (χ4v) is 3.39. The maximum absolute atomic E-state index is 12.3. The van der Waals surface area contributed by atoms with Crippen LogP contribution >= 0.6 is 0 Å². The molecular weight excluding hydrogens is 394 g/mol. The normalized spacial score (nSPS) is 15.5. The van der Waals surface area contributed by atoms with Crippen LogP contribution in [0.15, 0.2) is 55.1 Å². The van der Waals surface area contributed by atoms with Crippen LogP contribution in [0.3, 0.4) is 0 Å². The van der Waals surface area contributed by atoms with E-state index in [9.17, 15) is 14.4 Å². The Morgan fingerprint density at radius 2 is 1.94 bits per heavy atom. The smallest absolute Gasteiger partial charge is 0.262 e. The minimum absolute atomic E-state index is 0.0969. The average molecular weight is 421 g/mol. The van der Waals surface area contributed by atoms with Gasteiger partial charge in [0.1, 0.15) is 5.75 Å². The molecule has 3 amide bonds. The van der Waals surface area contributed by atoms with E-state index in [0.29, 0.717) is 24.5 Å². The van der Waals surface area contributed by atoms with Gasteiger partial charge in [-0.25, -0.2) is 0 Å². The Morgan fingerprint density at radius 3 is 2.65 bits per heavy atom. The van der Waals surface area contributed by atoms with Crippen molar-refractivity contribution in [2.24, 2.45) is 5.92 Å². The van der Waals surface area contributed by atoms with Gasteiger partial charge in [-0.3, -0.25) is 14.4 Å². The van der Waals surface area contributed by atoms with E-state index in [-0.39, 0.29) is 36.7 Å². The van der Waals surface area contributed by atoms with Crippen molar-refractivity contribution in [1.82, 2.24) is 5.32 Å². The highest BCUT2D eigenvalue weighted by Crippen LogP contribution is 2.27. The van der Waals surface area contributed by atoms with Crippen LogP contribution in [-0.2, 0) is 14.4 Å². The molecule has 1 saturated heterocycles. The summed E-state index contributed by atoms with van der Waals surface area (Å²) in [6.45, 7) is 8.11. The number of nitrogens with one attached hydrogen (secondary N) is 2. The third-order valence-corrected chi connectivity index (χ3v) is 5.31. The molecule has 31 heavy (non-hydrogen) atoms. The molecule has 1 fully saturated rings. The SMILES string of the molecule is C=CCNC(=O)C1CC(=O)N(c2ccc(OCC(=O)Nc3cccc(C)c3C)cc2)C1. The molecule has 0 saturated carbocycles. The van der Waals surface area contributed by atoms with E-state index in [2.05, 4.69) is 17.2 Å². The third-order valence-electron chi connectivity index (χ3n) is 5.31. The summed E-state index contributed by atoms with van der Waals surface area (Å²) < 4.78 is 5.57. The lowest BCUT2D eigenvalue weighted by molar-refractivity contribution is -0.126. The molecule has 7 nitrogen and oxygen atoms in total. The Bertz CT molecular complexity index is 985. The van der Waals surface area contributed by atoms with Gasteiger partial charge in [-0.05, 0) is 55.3 Å². The zero-order valence-corrected chi connectivity index (χ0v) is 17.8. The molecule has 2 aromatic rings. The van der Waals surface area contributed by atoms with Crippen LogP contribution in [0.4, 0.5) is 11.4 Å². The van der Waals surface area contributed by atoms with E-state index < -0.39 is 0 Å². The van der Waals surface area contributed by atoms with Crippen LogP contribution in [0.5, 0.6) is 5.75 Å². The fourth-order valence-electron chi connectivity index (χ4n) is 3.39. The first kappa shape index (κ1) is 22.1. The maximum Gasteiger partial charge on any atom is 0.262 e. The summed E-state index contributed by atoms with van der Waals surface area (Å²) in [5.41, 5.74) is 3.58. The quantitative estimate of drug-likeness (QED) is 0.642. The highest BCUT2D eigenvalue weighted by molar-refractivity contribution is 6.00. The molecule has 7 heteroatoms. The second kappa shape index (κ2) is 9.93. The lowest BCUT2D eigenvalue weighted by atomic mass is 10.1. The predicted octanol–water partition coefficient (Wildman–Crippen LogP) is 2.98. The van der Waals surface area contributed by atoms with Crippen LogP contribution in [0.2, 0.25) is 0 Å². The molecule has 1 unspecified atom stereocenters. The van der Waals surface area contributed by atoms with Crippen molar-refractivity contribution in [2.45, 2.75) is 20.3 Å². The Balaban J connectivity index is 1.54. The monoisotopic (exact) mass is 421 g/mol. The van der Waals surface area contributed by atoms with E-state index in [1.807, 2.05) is 32.0 Å². The molecule has 1 aliphatic rings. The summed E-state index contributed by atoms with van der Waals surface area (Å²) in [6.07, 6.45) is 1.78. The van der Waals surface area contributed by atoms with Gasteiger partial charge >= 0.3 is 0 Å². The first-order chi connectivity index (χ1) is 14.9. The standard InChI is InChI=1S/C24H27N3O4/c1-4-12-25-24(30)18-13-23(29)27(14-18)19-8-10-20(11-9-19)31-15-22(28)26-21-7-5-6-16(2)17(21)3/h4-11,18H,1,12-15H2,2-3H3,(H,25,30)(H,26,28). The molecule has 2 N–H and O–H groups in total. The lowest BCUT2D eigenvalue weighted by Gasteiger charge is -2.17. The molecule has 0 bridgehead atoms. The van der Waals surface area contributed by atoms with Gasteiger partial charge in [-0.15, -0.1) is 6.58 Å².